The van der Waals surface area contributed by atoms with Crippen LogP contribution in [0.4, 0.5) is 0 Å². The number of benzene rings is 3. The van der Waals surface area contributed by atoms with Gasteiger partial charge in [0.05, 0.1) is 22.4 Å². The smallest absolute Gasteiger partial charge is 0.235 e. The zero-order valence-corrected chi connectivity index (χ0v) is 18.0. The van der Waals surface area contributed by atoms with Crippen LogP contribution in [0.15, 0.2) is 110 Å². The Morgan fingerprint density at radius 3 is 2.34 bits per heavy atom. The van der Waals surface area contributed by atoms with Gasteiger partial charge < -0.3 is 0 Å². The molecule has 2 aromatic heterocycles. The summed E-state index contributed by atoms with van der Waals surface area (Å²) in [7, 11) is 0. The third kappa shape index (κ3) is 3.34. The summed E-state index contributed by atoms with van der Waals surface area (Å²) in [5.74, 6) is 0.634. The molecule has 0 spiro atoms. The number of nitrogens with zero attached hydrogens (tertiary/aromatic N) is 3. The van der Waals surface area contributed by atoms with Crippen LogP contribution in [0.2, 0.25) is 0 Å². The molecule has 0 N–H and O–H groups in total. The topological polar surface area (TPSA) is 30.7 Å². The molecular formula is C29H23N3. The summed E-state index contributed by atoms with van der Waals surface area (Å²) in [6, 6.07) is 27.1. The highest BCUT2D eigenvalue weighted by Crippen LogP contribution is 2.33. The highest BCUT2D eigenvalue weighted by Gasteiger charge is 2.16. The highest BCUT2D eigenvalue weighted by molar-refractivity contribution is 6.09. The molecule has 5 rings (SSSR count). The molecule has 0 fully saturated rings. The van der Waals surface area contributed by atoms with E-state index in [1.807, 2.05) is 30.3 Å². The minimum atomic E-state index is 0.634. The molecule has 0 aliphatic carbocycles. The molecule has 0 atom stereocenters. The number of allylic oxidation sites excluding steroid dienone is 4. The molecule has 3 nitrogen and oxygen atoms in total. The summed E-state index contributed by atoms with van der Waals surface area (Å²) < 4.78 is 2.15. The van der Waals surface area contributed by atoms with Crippen LogP contribution in [0.3, 0.4) is 0 Å². The van der Waals surface area contributed by atoms with Crippen molar-refractivity contribution < 1.29 is 0 Å². The Hall–Kier alpha value is -4.24. The molecule has 0 radical (unpaired) electrons. The normalized spacial score (nSPS) is 11.7. The third-order valence-corrected chi connectivity index (χ3v) is 5.63. The molecule has 0 amide bonds. The fourth-order valence-electron chi connectivity index (χ4n) is 4.12. The van der Waals surface area contributed by atoms with E-state index >= 15 is 0 Å². The Balaban J connectivity index is 1.88. The summed E-state index contributed by atoms with van der Waals surface area (Å²) >= 11 is 0. The van der Waals surface area contributed by atoms with Crippen molar-refractivity contribution in [1.82, 2.24) is 14.5 Å². The SMILES string of the molecule is C=C/C=C(\C=C)c1cc(-c2ccccc2)nc(-n2c3ccccc3c3ccc(C)cc32)n1. The molecule has 0 aliphatic heterocycles. The van der Waals surface area contributed by atoms with Gasteiger partial charge in [-0.05, 0) is 36.3 Å². The first-order valence-electron chi connectivity index (χ1n) is 10.6. The number of fused-ring (bicyclic) bond motifs is 3. The van der Waals surface area contributed by atoms with Crippen LogP contribution in [-0.2, 0) is 0 Å². The molecule has 0 aliphatic rings. The van der Waals surface area contributed by atoms with Gasteiger partial charge >= 0.3 is 0 Å². The van der Waals surface area contributed by atoms with Crippen LogP contribution >= 0.6 is 0 Å². The van der Waals surface area contributed by atoms with Crippen LogP contribution in [0.5, 0.6) is 0 Å². The first-order chi connectivity index (χ1) is 15.7. The second-order valence-electron chi connectivity index (χ2n) is 7.74. The van der Waals surface area contributed by atoms with Crippen molar-refractivity contribution in [1.29, 1.82) is 0 Å². The lowest BCUT2D eigenvalue weighted by Gasteiger charge is -2.12. The van der Waals surface area contributed by atoms with Crippen LogP contribution in [0.1, 0.15) is 11.3 Å². The summed E-state index contributed by atoms with van der Waals surface area (Å²) in [6.07, 6.45) is 5.48. The molecule has 3 heteroatoms. The van der Waals surface area contributed by atoms with Crippen molar-refractivity contribution >= 4 is 27.4 Å². The molecule has 154 valence electrons. The number of rotatable bonds is 5. The average Bonchev–Trinajstić information content (AvgIpc) is 3.16. The predicted molar refractivity (Wildman–Crippen MR) is 135 cm³/mol. The monoisotopic (exact) mass is 413 g/mol. The molecular weight excluding hydrogens is 390 g/mol. The summed E-state index contributed by atoms with van der Waals surface area (Å²) in [5, 5.41) is 2.37. The van der Waals surface area contributed by atoms with Gasteiger partial charge in [-0.3, -0.25) is 4.57 Å². The Bertz CT molecular complexity index is 1500. The van der Waals surface area contributed by atoms with E-state index in [1.165, 1.54) is 16.3 Å². The van der Waals surface area contributed by atoms with E-state index in [-0.39, 0.29) is 0 Å². The Morgan fingerprint density at radius 2 is 1.56 bits per heavy atom. The van der Waals surface area contributed by atoms with Crippen molar-refractivity contribution in [2.24, 2.45) is 0 Å². The minimum Gasteiger partial charge on any atom is -0.278 e. The predicted octanol–water partition coefficient (Wildman–Crippen LogP) is 7.30. The highest BCUT2D eigenvalue weighted by atomic mass is 15.2. The maximum atomic E-state index is 5.02. The van der Waals surface area contributed by atoms with E-state index in [1.54, 1.807) is 12.2 Å². The van der Waals surface area contributed by atoms with Gasteiger partial charge in [0.2, 0.25) is 5.95 Å². The van der Waals surface area contributed by atoms with Crippen molar-refractivity contribution in [3.8, 4) is 17.2 Å². The standard InChI is InChI=1S/C29H23N3/c1-4-11-21(5-2)25-19-26(22-12-7-6-8-13-22)31-29(30-25)32-27-15-10-9-14-23(27)24-17-16-20(3)18-28(24)32/h4-19H,1-2H2,3H3/b21-11+. The zero-order chi connectivity index (χ0) is 22.1. The lowest BCUT2D eigenvalue weighted by atomic mass is 10.1. The maximum absolute atomic E-state index is 5.02. The Kier molecular flexibility index (Phi) is 5.00. The van der Waals surface area contributed by atoms with Gasteiger partial charge in [0, 0.05) is 16.3 Å². The largest absolute Gasteiger partial charge is 0.278 e. The van der Waals surface area contributed by atoms with Crippen LogP contribution in [0, 0.1) is 6.92 Å². The van der Waals surface area contributed by atoms with Crippen LogP contribution in [-0.4, -0.2) is 14.5 Å². The number of aromatic nitrogens is 3. The van der Waals surface area contributed by atoms with Crippen molar-refractivity contribution in [2.75, 3.05) is 0 Å². The number of hydrogen-bond acceptors (Lipinski definition) is 2. The van der Waals surface area contributed by atoms with E-state index in [9.17, 15) is 0 Å². The first kappa shape index (κ1) is 19.7. The fraction of sp³-hybridized carbons (Fsp3) is 0.0345. The van der Waals surface area contributed by atoms with Crippen molar-refractivity contribution in [3.63, 3.8) is 0 Å². The second-order valence-corrected chi connectivity index (χ2v) is 7.74. The van der Waals surface area contributed by atoms with E-state index in [0.717, 1.165) is 33.6 Å². The van der Waals surface area contributed by atoms with Crippen LogP contribution in [0.25, 0.3) is 44.6 Å². The van der Waals surface area contributed by atoms with Crippen LogP contribution < -0.4 is 0 Å². The molecule has 0 bridgehead atoms. The molecule has 32 heavy (non-hydrogen) atoms. The van der Waals surface area contributed by atoms with Crippen molar-refractivity contribution in [3.05, 3.63) is 122 Å². The van der Waals surface area contributed by atoms with Gasteiger partial charge in [-0.25, -0.2) is 9.97 Å². The molecule has 3 aromatic carbocycles. The lowest BCUT2D eigenvalue weighted by molar-refractivity contribution is 0.983. The van der Waals surface area contributed by atoms with Gasteiger partial charge in [-0.1, -0.05) is 92.0 Å². The van der Waals surface area contributed by atoms with Gasteiger partial charge in [-0.15, -0.1) is 0 Å². The number of hydrogen-bond donors (Lipinski definition) is 0. The van der Waals surface area contributed by atoms with E-state index in [4.69, 9.17) is 9.97 Å². The molecule has 5 aromatic rings. The van der Waals surface area contributed by atoms with E-state index in [2.05, 4.69) is 79.2 Å². The Morgan fingerprint density at radius 1 is 0.812 bits per heavy atom. The Labute approximate surface area is 187 Å². The summed E-state index contributed by atoms with van der Waals surface area (Å²) in [6.45, 7) is 9.93. The van der Waals surface area contributed by atoms with Gasteiger partial charge in [-0.2, -0.15) is 0 Å². The zero-order valence-electron chi connectivity index (χ0n) is 18.0. The molecule has 0 unspecified atom stereocenters. The van der Waals surface area contributed by atoms with Gasteiger partial charge in [0.1, 0.15) is 0 Å². The summed E-state index contributed by atoms with van der Waals surface area (Å²) in [4.78, 5) is 10.0. The number of aryl methyl sites for hydroxylation is 1. The molecule has 0 saturated heterocycles. The third-order valence-electron chi connectivity index (χ3n) is 5.63. The maximum Gasteiger partial charge on any atom is 0.235 e. The van der Waals surface area contributed by atoms with Gasteiger partial charge in [0.15, 0.2) is 0 Å². The van der Waals surface area contributed by atoms with Gasteiger partial charge in [0.25, 0.3) is 0 Å². The van der Waals surface area contributed by atoms with E-state index in [0.29, 0.717) is 5.95 Å². The molecule has 2 heterocycles. The van der Waals surface area contributed by atoms with Crippen molar-refractivity contribution in [2.45, 2.75) is 6.92 Å². The first-order valence-corrected chi connectivity index (χ1v) is 10.6. The minimum absolute atomic E-state index is 0.634. The quantitative estimate of drug-likeness (QED) is 0.283. The number of para-hydroxylation sites is 1. The lowest BCUT2D eigenvalue weighted by Crippen LogP contribution is -2.05. The summed E-state index contributed by atoms with van der Waals surface area (Å²) in [5.41, 5.74) is 6.98. The second kappa shape index (κ2) is 8.12. The fourth-order valence-corrected chi connectivity index (χ4v) is 4.12. The molecule has 0 saturated carbocycles. The average molecular weight is 414 g/mol. The van der Waals surface area contributed by atoms with E-state index < -0.39 is 0 Å².